The van der Waals surface area contributed by atoms with Gasteiger partial charge < -0.3 is 15.0 Å². The van der Waals surface area contributed by atoms with Gasteiger partial charge in [-0.1, -0.05) is 54.4 Å². The number of methoxy groups -OCH3 is 1. The number of anilines is 1. The van der Waals surface area contributed by atoms with E-state index < -0.39 is 49.9 Å². The summed E-state index contributed by atoms with van der Waals surface area (Å²) in [6.45, 7) is 6.56. The van der Waals surface area contributed by atoms with Gasteiger partial charge >= 0.3 is 0 Å². The highest BCUT2D eigenvalue weighted by atomic mass is 35.5. The van der Waals surface area contributed by atoms with Crippen LogP contribution in [0.25, 0.3) is 0 Å². The molecule has 1 atom stereocenters. The summed E-state index contributed by atoms with van der Waals surface area (Å²) >= 11 is 6.25. The van der Waals surface area contributed by atoms with Crippen molar-refractivity contribution < 1.29 is 27.7 Å². The molecule has 0 heterocycles. The third-order valence-corrected chi connectivity index (χ3v) is 8.83. The van der Waals surface area contributed by atoms with E-state index in [4.69, 9.17) is 16.3 Å². The summed E-state index contributed by atoms with van der Waals surface area (Å²) in [4.78, 5) is 38.9. The van der Waals surface area contributed by atoms with Crippen LogP contribution in [-0.4, -0.2) is 56.3 Å². The fraction of sp³-hybridized carbons (Fsp3) is 0.333. The van der Waals surface area contributed by atoms with E-state index in [1.807, 2.05) is 38.1 Å². The van der Waals surface area contributed by atoms with Crippen molar-refractivity contribution in [2.75, 3.05) is 24.5 Å². The third kappa shape index (κ3) is 8.02. The summed E-state index contributed by atoms with van der Waals surface area (Å²) in [7, 11) is -3.27. The molecule has 0 aromatic heterocycles. The van der Waals surface area contributed by atoms with Gasteiger partial charge in [0.05, 0.1) is 22.6 Å². The van der Waals surface area contributed by atoms with Gasteiger partial charge in [0.25, 0.3) is 15.7 Å². The predicted octanol–water partition coefficient (Wildman–Crippen LogP) is 5.01. The molecule has 0 fully saturated rings. The lowest BCUT2D eigenvalue weighted by Gasteiger charge is -2.32. The number of nitro groups is 1. The molecule has 0 aliphatic carbocycles. The van der Waals surface area contributed by atoms with E-state index in [0.29, 0.717) is 13.0 Å². The highest BCUT2D eigenvalue weighted by molar-refractivity contribution is 7.92. The van der Waals surface area contributed by atoms with Crippen molar-refractivity contribution in [3.8, 4) is 5.75 Å². The van der Waals surface area contributed by atoms with Crippen LogP contribution >= 0.6 is 11.6 Å². The zero-order chi connectivity index (χ0) is 31.9. The number of aryl methyl sites for hydroxylation is 2. The van der Waals surface area contributed by atoms with Crippen LogP contribution in [-0.2, 0) is 26.2 Å². The fourth-order valence-corrected chi connectivity index (χ4v) is 5.92. The average molecular weight is 631 g/mol. The molecule has 43 heavy (non-hydrogen) atoms. The van der Waals surface area contributed by atoms with Crippen molar-refractivity contribution in [1.82, 2.24) is 10.2 Å². The molecule has 3 aromatic carbocycles. The molecule has 0 saturated carbocycles. The Balaban J connectivity index is 2.15. The predicted molar refractivity (Wildman–Crippen MR) is 165 cm³/mol. The molecule has 0 aliphatic rings. The van der Waals surface area contributed by atoms with Gasteiger partial charge in [0.2, 0.25) is 11.8 Å². The van der Waals surface area contributed by atoms with Crippen molar-refractivity contribution >= 4 is 44.8 Å². The van der Waals surface area contributed by atoms with Crippen LogP contribution in [0.2, 0.25) is 5.02 Å². The lowest BCUT2D eigenvalue weighted by Crippen LogP contribution is -2.51. The number of carbonyl (C=O) groups is 2. The molecule has 230 valence electrons. The Hall–Kier alpha value is -4.16. The minimum atomic E-state index is -4.60. The third-order valence-electron chi connectivity index (χ3n) is 6.84. The highest BCUT2D eigenvalue weighted by Crippen LogP contribution is 2.36. The number of sulfonamides is 1. The van der Waals surface area contributed by atoms with Gasteiger partial charge in [-0.05, 0) is 57.0 Å². The molecule has 0 bridgehead atoms. The lowest BCUT2D eigenvalue weighted by atomic mass is 10.1. The van der Waals surface area contributed by atoms with Crippen molar-refractivity contribution in [2.45, 2.75) is 51.6 Å². The standard InChI is InChI=1S/C30H35ClN4O7S/c1-6-15-32-30(37)22(4)33(18-23-10-7-20(2)8-11-23)29(36)19-34(27-16-24(31)12-14-28(27)42-5)43(40,41)25-13-9-21(3)26(17-25)35(38)39/h7-14,16-17,22H,6,15,18-19H2,1-5H3,(H,32,37)/t22-/m0/s1. The Morgan fingerprint density at radius 3 is 2.35 bits per heavy atom. The second kappa shape index (κ2) is 14.3. The minimum Gasteiger partial charge on any atom is -0.495 e. The Bertz CT molecular complexity index is 1600. The van der Waals surface area contributed by atoms with Crippen LogP contribution in [0.3, 0.4) is 0 Å². The van der Waals surface area contributed by atoms with E-state index in [1.54, 1.807) is 6.92 Å². The van der Waals surface area contributed by atoms with Crippen LogP contribution in [0.5, 0.6) is 5.75 Å². The molecular weight excluding hydrogens is 596 g/mol. The first-order valence-electron chi connectivity index (χ1n) is 13.5. The van der Waals surface area contributed by atoms with E-state index in [9.17, 15) is 28.1 Å². The van der Waals surface area contributed by atoms with E-state index in [2.05, 4.69) is 5.32 Å². The molecule has 0 radical (unpaired) electrons. The molecule has 3 rings (SSSR count). The molecule has 11 nitrogen and oxygen atoms in total. The van der Waals surface area contributed by atoms with Crippen LogP contribution in [0.4, 0.5) is 11.4 Å². The number of nitrogens with zero attached hydrogens (tertiary/aromatic N) is 3. The summed E-state index contributed by atoms with van der Waals surface area (Å²) in [5.74, 6) is -0.987. The number of hydrogen-bond acceptors (Lipinski definition) is 7. The number of nitro benzene ring substituents is 1. The number of rotatable bonds is 13. The summed E-state index contributed by atoms with van der Waals surface area (Å²) < 4.78 is 34.5. The normalized spacial score (nSPS) is 11.9. The minimum absolute atomic E-state index is 0.0242. The van der Waals surface area contributed by atoms with Crippen LogP contribution in [0.15, 0.2) is 65.6 Å². The van der Waals surface area contributed by atoms with Crippen LogP contribution in [0, 0.1) is 24.0 Å². The Kier molecular flexibility index (Phi) is 11.1. The van der Waals surface area contributed by atoms with Crippen molar-refractivity contribution in [3.05, 3.63) is 92.5 Å². The molecule has 0 saturated heterocycles. The van der Waals surface area contributed by atoms with E-state index in [-0.39, 0.29) is 28.6 Å². The van der Waals surface area contributed by atoms with Gasteiger partial charge in [-0.3, -0.25) is 24.0 Å². The summed E-state index contributed by atoms with van der Waals surface area (Å²) in [5, 5.41) is 14.6. The Labute approximate surface area is 256 Å². The first kappa shape index (κ1) is 33.3. The number of nitrogens with one attached hydrogen (secondary N) is 1. The monoisotopic (exact) mass is 630 g/mol. The summed E-state index contributed by atoms with van der Waals surface area (Å²) in [5.41, 5.74) is 1.56. The molecule has 13 heteroatoms. The zero-order valence-electron chi connectivity index (χ0n) is 24.7. The number of ether oxygens (including phenoxy) is 1. The van der Waals surface area contributed by atoms with Crippen molar-refractivity contribution in [1.29, 1.82) is 0 Å². The van der Waals surface area contributed by atoms with Gasteiger partial charge in [0.15, 0.2) is 0 Å². The molecule has 1 N–H and O–H groups in total. The lowest BCUT2D eigenvalue weighted by molar-refractivity contribution is -0.385. The zero-order valence-corrected chi connectivity index (χ0v) is 26.2. The highest BCUT2D eigenvalue weighted by Gasteiger charge is 2.35. The van der Waals surface area contributed by atoms with Gasteiger partial charge in [-0.2, -0.15) is 0 Å². The van der Waals surface area contributed by atoms with E-state index >= 15 is 0 Å². The Morgan fingerprint density at radius 2 is 1.74 bits per heavy atom. The largest absolute Gasteiger partial charge is 0.495 e. The number of hydrogen-bond donors (Lipinski definition) is 1. The maximum Gasteiger partial charge on any atom is 0.273 e. The first-order chi connectivity index (χ1) is 20.3. The van der Waals surface area contributed by atoms with Crippen LogP contribution in [0.1, 0.15) is 37.0 Å². The van der Waals surface area contributed by atoms with Gasteiger partial charge in [-0.15, -0.1) is 0 Å². The van der Waals surface area contributed by atoms with Gasteiger partial charge in [-0.25, -0.2) is 8.42 Å². The number of halogens is 1. The number of carbonyl (C=O) groups excluding carboxylic acids is 2. The SMILES string of the molecule is CCCNC(=O)[C@H](C)N(Cc1ccc(C)cc1)C(=O)CN(c1cc(Cl)ccc1OC)S(=O)(=O)c1ccc(C)c([N+](=O)[O-])c1. The molecule has 3 aromatic rings. The van der Waals surface area contributed by atoms with E-state index in [0.717, 1.165) is 21.5 Å². The topological polar surface area (TPSA) is 139 Å². The molecule has 0 unspecified atom stereocenters. The molecule has 2 amide bonds. The van der Waals surface area contributed by atoms with Gasteiger partial charge in [0.1, 0.15) is 18.3 Å². The first-order valence-corrected chi connectivity index (χ1v) is 15.4. The van der Waals surface area contributed by atoms with Crippen molar-refractivity contribution in [2.24, 2.45) is 0 Å². The van der Waals surface area contributed by atoms with Crippen molar-refractivity contribution in [3.63, 3.8) is 0 Å². The van der Waals surface area contributed by atoms with E-state index in [1.165, 1.54) is 49.3 Å². The smallest absolute Gasteiger partial charge is 0.273 e. The average Bonchev–Trinajstić information content (AvgIpc) is 2.97. The number of amides is 2. The second-order valence-corrected chi connectivity index (χ2v) is 12.3. The second-order valence-electron chi connectivity index (χ2n) is 10.0. The molecule has 0 aliphatic heterocycles. The molecular formula is C30H35ClN4O7S. The maximum atomic E-state index is 14.2. The Morgan fingerprint density at radius 1 is 1.07 bits per heavy atom. The van der Waals surface area contributed by atoms with Gasteiger partial charge in [0, 0.05) is 29.7 Å². The quantitative estimate of drug-likeness (QED) is 0.207. The summed E-state index contributed by atoms with van der Waals surface area (Å²) in [6.07, 6.45) is 0.688. The van der Waals surface area contributed by atoms with Crippen LogP contribution < -0.4 is 14.4 Å². The summed E-state index contributed by atoms with van der Waals surface area (Å²) in [6, 6.07) is 14.2. The fourth-order valence-electron chi connectivity index (χ4n) is 4.31. The number of benzene rings is 3. The maximum absolute atomic E-state index is 14.2. The molecule has 0 spiro atoms.